The number of hydrogen-bond donors (Lipinski definition) is 0. The maximum atomic E-state index is 13.8. The first-order valence-corrected chi connectivity index (χ1v) is 13.1. The van der Waals surface area contributed by atoms with Crippen LogP contribution in [0.25, 0.3) is 5.69 Å². The van der Waals surface area contributed by atoms with Crippen LogP contribution in [0.2, 0.25) is 5.15 Å². The molecule has 2 aliphatic heterocycles. The number of nitrogens with zero attached hydrogens (tertiary/aromatic N) is 3. The van der Waals surface area contributed by atoms with Crippen LogP contribution in [-0.4, -0.2) is 22.5 Å². The van der Waals surface area contributed by atoms with Crippen molar-refractivity contribution >= 4 is 62.1 Å². The van der Waals surface area contributed by atoms with Crippen molar-refractivity contribution < 1.29 is 14.4 Å². The number of imide groups is 1. The minimum absolute atomic E-state index is 0.189. The zero-order valence-corrected chi connectivity index (χ0v) is 21.6. The summed E-state index contributed by atoms with van der Waals surface area (Å²) in [6, 6.07) is 24.4. The van der Waals surface area contributed by atoms with Gasteiger partial charge in [0.2, 0.25) is 5.91 Å². The minimum Gasteiger partial charge on any atom is -0.273 e. The number of thiazole rings is 1. The monoisotopic (exact) mass is 581 g/mol. The van der Waals surface area contributed by atoms with Gasteiger partial charge in [-0.25, -0.2) is 9.96 Å². The number of halogens is 2. The molecule has 0 saturated carbocycles. The van der Waals surface area contributed by atoms with Gasteiger partial charge in [-0.05, 0) is 48.5 Å². The van der Waals surface area contributed by atoms with Crippen molar-refractivity contribution in [1.29, 1.82) is 0 Å². The van der Waals surface area contributed by atoms with Gasteiger partial charge in [-0.15, -0.1) is 0 Å². The third-order valence-corrected chi connectivity index (χ3v) is 8.30. The summed E-state index contributed by atoms with van der Waals surface area (Å²) in [7, 11) is 0. The van der Waals surface area contributed by atoms with Crippen LogP contribution in [0.3, 0.4) is 0 Å². The Morgan fingerprint density at radius 2 is 1.39 bits per heavy atom. The van der Waals surface area contributed by atoms with Crippen LogP contribution in [0.15, 0.2) is 94.2 Å². The standard InChI is InChI=1S/C26H17BrClN3O4S/c27-15-11-13-17(14-12-15)30-24(32)19-20(31(35-21(19)25(30)33)18-9-5-2-6-10-18)22-23(28)29(26(34)36-22)16-7-3-1-4-8-16/h1-14,19-21H/t19-,20+,21-/m1/s1. The lowest BCUT2D eigenvalue weighted by molar-refractivity contribution is -0.126. The number of hydroxylamine groups is 1. The van der Waals surface area contributed by atoms with Gasteiger partial charge in [0.05, 0.1) is 21.9 Å². The highest BCUT2D eigenvalue weighted by molar-refractivity contribution is 9.10. The number of anilines is 2. The molecule has 2 saturated heterocycles. The number of para-hydroxylation sites is 2. The lowest BCUT2D eigenvalue weighted by Gasteiger charge is -2.28. The Morgan fingerprint density at radius 3 is 2.03 bits per heavy atom. The molecule has 2 fully saturated rings. The number of hydrogen-bond acceptors (Lipinski definition) is 6. The number of fused-ring (bicyclic) bond motifs is 1. The average Bonchev–Trinajstić information content (AvgIpc) is 3.50. The maximum Gasteiger partial charge on any atom is 0.313 e. The molecule has 180 valence electrons. The van der Waals surface area contributed by atoms with Gasteiger partial charge < -0.3 is 0 Å². The van der Waals surface area contributed by atoms with Crippen LogP contribution in [-0.2, 0) is 14.4 Å². The summed E-state index contributed by atoms with van der Waals surface area (Å²) in [4.78, 5) is 47.8. The average molecular weight is 583 g/mol. The van der Waals surface area contributed by atoms with E-state index in [2.05, 4.69) is 15.9 Å². The zero-order chi connectivity index (χ0) is 25.0. The van der Waals surface area contributed by atoms with Crippen LogP contribution >= 0.6 is 38.9 Å². The molecule has 3 atom stereocenters. The van der Waals surface area contributed by atoms with Crippen molar-refractivity contribution in [2.75, 3.05) is 9.96 Å². The molecule has 4 aromatic rings. The second kappa shape index (κ2) is 9.01. The summed E-state index contributed by atoms with van der Waals surface area (Å²) < 4.78 is 2.24. The molecule has 0 bridgehead atoms. The van der Waals surface area contributed by atoms with Gasteiger partial charge in [0, 0.05) is 4.47 Å². The van der Waals surface area contributed by atoms with Crippen molar-refractivity contribution in [3.63, 3.8) is 0 Å². The number of amides is 2. The van der Waals surface area contributed by atoms with Crippen LogP contribution < -0.4 is 14.8 Å². The fraction of sp³-hybridized carbons (Fsp3) is 0.115. The fourth-order valence-electron chi connectivity index (χ4n) is 4.67. The molecule has 6 rings (SSSR count). The molecule has 10 heteroatoms. The number of carbonyl (C=O) groups is 2. The third kappa shape index (κ3) is 3.62. The SMILES string of the molecule is O=C1[C@@H]2[C@@H](c3sc(=O)n(-c4ccccc4)c3Cl)N(c3ccccc3)O[C@H]2C(=O)N1c1ccc(Br)cc1. The summed E-state index contributed by atoms with van der Waals surface area (Å²) in [5.41, 5.74) is 1.72. The van der Waals surface area contributed by atoms with E-state index in [-0.39, 0.29) is 10.0 Å². The van der Waals surface area contributed by atoms with Gasteiger partial charge in [-0.1, -0.05) is 75.3 Å². The molecule has 0 aliphatic carbocycles. The fourth-order valence-corrected chi connectivity index (χ4v) is 6.41. The highest BCUT2D eigenvalue weighted by atomic mass is 79.9. The van der Waals surface area contributed by atoms with Crippen molar-refractivity contribution in [2.45, 2.75) is 12.1 Å². The van der Waals surface area contributed by atoms with Gasteiger partial charge in [-0.2, -0.15) is 0 Å². The summed E-state index contributed by atoms with van der Waals surface area (Å²) in [6.07, 6.45) is -1.05. The lowest BCUT2D eigenvalue weighted by Crippen LogP contribution is -2.37. The van der Waals surface area contributed by atoms with Crippen LogP contribution in [0.1, 0.15) is 10.9 Å². The van der Waals surface area contributed by atoms with Crippen LogP contribution in [0, 0.1) is 5.92 Å². The van der Waals surface area contributed by atoms with E-state index in [0.29, 0.717) is 21.9 Å². The normalized spacial score (nSPS) is 21.3. The Bertz CT molecular complexity index is 1520. The van der Waals surface area contributed by atoms with Gasteiger partial charge in [-0.3, -0.25) is 23.8 Å². The van der Waals surface area contributed by atoms with Crippen molar-refractivity contribution in [1.82, 2.24) is 4.57 Å². The molecule has 36 heavy (non-hydrogen) atoms. The highest BCUT2D eigenvalue weighted by Crippen LogP contribution is 2.50. The van der Waals surface area contributed by atoms with Crippen molar-refractivity contribution in [3.05, 3.63) is 109 Å². The summed E-state index contributed by atoms with van der Waals surface area (Å²) in [6.45, 7) is 0. The van der Waals surface area contributed by atoms with E-state index in [0.717, 1.165) is 20.7 Å². The van der Waals surface area contributed by atoms with Crippen molar-refractivity contribution in [3.8, 4) is 5.69 Å². The first kappa shape index (κ1) is 23.2. The third-order valence-electron chi connectivity index (χ3n) is 6.27. The van der Waals surface area contributed by atoms with Gasteiger partial charge in [0.1, 0.15) is 17.1 Å². The largest absolute Gasteiger partial charge is 0.313 e. The number of aromatic nitrogens is 1. The molecule has 0 N–H and O–H groups in total. The molecule has 2 amide bonds. The maximum absolute atomic E-state index is 13.8. The van der Waals surface area contributed by atoms with E-state index < -0.39 is 29.9 Å². The topological polar surface area (TPSA) is 71.9 Å². The Balaban J connectivity index is 1.48. The first-order chi connectivity index (χ1) is 17.5. The smallest absolute Gasteiger partial charge is 0.273 e. The summed E-state index contributed by atoms with van der Waals surface area (Å²) in [5.74, 6) is -1.75. The lowest BCUT2D eigenvalue weighted by atomic mass is 9.95. The summed E-state index contributed by atoms with van der Waals surface area (Å²) in [5, 5.41) is 1.73. The highest BCUT2D eigenvalue weighted by Gasteiger charge is 2.61. The second-order valence-electron chi connectivity index (χ2n) is 8.34. The molecule has 0 spiro atoms. The molecular formula is C26H17BrClN3O4S. The molecule has 3 heterocycles. The summed E-state index contributed by atoms with van der Waals surface area (Å²) >= 11 is 11.1. The molecule has 3 aromatic carbocycles. The zero-order valence-electron chi connectivity index (χ0n) is 18.5. The van der Waals surface area contributed by atoms with Gasteiger partial charge >= 0.3 is 4.87 Å². The van der Waals surface area contributed by atoms with E-state index in [1.807, 2.05) is 48.5 Å². The first-order valence-electron chi connectivity index (χ1n) is 11.1. The second-order valence-corrected chi connectivity index (χ2v) is 10.6. The van der Waals surface area contributed by atoms with Crippen LogP contribution in [0.5, 0.6) is 0 Å². The van der Waals surface area contributed by atoms with Gasteiger partial charge in [0.15, 0.2) is 6.10 Å². The predicted molar refractivity (Wildman–Crippen MR) is 142 cm³/mol. The van der Waals surface area contributed by atoms with Gasteiger partial charge in [0.25, 0.3) is 5.91 Å². The molecular weight excluding hydrogens is 566 g/mol. The molecule has 0 radical (unpaired) electrons. The Morgan fingerprint density at radius 1 is 0.778 bits per heavy atom. The minimum atomic E-state index is -1.05. The molecule has 7 nitrogen and oxygen atoms in total. The molecule has 0 unspecified atom stereocenters. The number of carbonyl (C=O) groups excluding carboxylic acids is 2. The quantitative estimate of drug-likeness (QED) is 0.303. The Kier molecular flexibility index (Phi) is 5.80. The Labute approximate surface area is 223 Å². The van der Waals surface area contributed by atoms with E-state index >= 15 is 0 Å². The van der Waals surface area contributed by atoms with Crippen LogP contribution in [0.4, 0.5) is 11.4 Å². The predicted octanol–water partition coefficient (Wildman–Crippen LogP) is 5.37. The number of rotatable bonds is 4. The molecule has 2 aliphatic rings. The Hall–Kier alpha value is -3.24. The number of benzene rings is 3. The van der Waals surface area contributed by atoms with E-state index in [9.17, 15) is 14.4 Å². The van der Waals surface area contributed by atoms with E-state index in [1.165, 1.54) is 9.63 Å². The molecule has 1 aromatic heterocycles. The van der Waals surface area contributed by atoms with Crippen molar-refractivity contribution in [2.24, 2.45) is 5.92 Å². The van der Waals surface area contributed by atoms with E-state index in [4.69, 9.17) is 16.4 Å². The van der Waals surface area contributed by atoms with E-state index in [1.54, 1.807) is 36.4 Å².